The Morgan fingerprint density at radius 2 is 2.20 bits per heavy atom. The summed E-state index contributed by atoms with van der Waals surface area (Å²) in [6.07, 6.45) is 1.68. The summed E-state index contributed by atoms with van der Waals surface area (Å²) in [6, 6.07) is 1.79. The van der Waals surface area contributed by atoms with Gasteiger partial charge in [-0.1, -0.05) is 13.2 Å². The van der Waals surface area contributed by atoms with Crippen molar-refractivity contribution in [2.24, 2.45) is 0 Å². The van der Waals surface area contributed by atoms with Gasteiger partial charge in [-0.25, -0.2) is 0 Å². The molecular formula is C12H16N2O. The summed E-state index contributed by atoms with van der Waals surface area (Å²) < 4.78 is 5.31. The molecule has 0 aliphatic carbocycles. The predicted octanol–water partition coefficient (Wildman–Crippen LogP) is 2.70. The summed E-state index contributed by atoms with van der Waals surface area (Å²) in [7, 11) is 0. The summed E-state index contributed by atoms with van der Waals surface area (Å²) >= 11 is 0. The maximum Gasteiger partial charge on any atom is 0.121 e. The zero-order valence-corrected chi connectivity index (χ0v) is 9.21. The molecule has 0 bridgehead atoms. The van der Waals surface area contributed by atoms with Gasteiger partial charge < -0.3 is 10.5 Å². The monoisotopic (exact) mass is 204 g/mol. The number of allylic oxidation sites excluding steroid dienone is 1. The summed E-state index contributed by atoms with van der Waals surface area (Å²) in [4.78, 5) is 4.16. The van der Waals surface area contributed by atoms with Crippen LogP contribution >= 0.6 is 0 Å². The molecule has 0 aromatic carbocycles. The Kier molecular flexibility index (Phi) is 3.50. The lowest BCUT2D eigenvalue weighted by Crippen LogP contribution is -2.01. The van der Waals surface area contributed by atoms with Gasteiger partial charge in [-0.05, 0) is 25.5 Å². The summed E-state index contributed by atoms with van der Waals surface area (Å²) in [5.41, 5.74) is 8.84. The first-order valence-electron chi connectivity index (χ1n) is 4.80. The number of nitrogens with two attached hydrogens (primary N) is 1. The second-order valence-electron chi connectivity index (χ2n) is 3.26. The van der Waals surface area contributed by atoms with Crippen LogP contribution < -0.4 is 5.73 Å². The van der Waals surface area contributed by atoms with Crippen molar-refractivity contribution in [3.63, 3.8) is 0 Å². The number of ether oxygens (including phenoxy) is 1. The van der Waals surface area contributed by atoms with Crippen molar-refractivity contribution >= 4 is 17.0 Å². The minimum atomic E-state index is 0.569. The smallest absolute Gasteiger partial charge is 0.121 e. The predicted molar refractivity (Wildman–Crippen MR) is 64.0 cm³/mol. The molecule has 3 heteroatoms. The molecule has 1 aromatic rings. The van der Waals surface area contributed by atoms with Crippen LogP contribution in [0.25, 0.3) is 11.3 Å². The van der Waals surface area contributed by atoms with Gasteiger partial charge >= 0.3 is 0 Å². The van der Waals surface area contributed by atoms with Crippen LogP contribution in [0, 0.1) is 0 Å². The molecule has 2 N–H and O–H groups in total. The van der Waals surface area contributed by atoms with Gasteiger partial charge in [-0.2, -0.15) is 0 Å². The minimum absolute atomic E-state index is 0.569. The van der Waals surface area contributed by atoms with E-state index in [0.717, 1.165) is 11.1 Å². The third kappa shape index (κ3) is 2.37. The summed E-state index contributed by atoms with van der Waals surface area (Å²) in [5.74, 6) is 0.569. The van der Waals surface area contributed by atoms with Gasteiger partial charge in [0.25, 0.3) is 0 Å². The third-order valence-electron chi connectivity index (χ3n) is 2.01. The van der Waals surface area contributed by atoms with Crippen LogP contribution in [0.2, 0.25) is 0 Å². The lowest BCUT2D eigenvalue weighted by Gasteiger charge is -2.12. The first-order chi connectivity index (χ1) is 7.07. The minimum Gasteiger partial charge on any atom is -0.494 e. The molecule has 0 unspecified atom stereocenters. The van der Waals surface area contributed by atoms with E-state index in [1.54, 1.807) is 12.3 Å². The molecule has 0 atom stereocenters. The van der Waals surface area contributed by atoms with Gasteiger partial charge in [0.2, 0.25) is 0 Å². The fraction of sp³-hybridized carbons (Fsp3) is 0.250. The number of nitrogens with zero attached hydrogens (tertiary/aromatic N) is 1. The Bertz CT molecular complexity index is 397. The third-order valence-corrected chi connectivity index (χ3v) is 2.01. The molecule has 0 fully saturated rings. The van der Waals surface area contributed by atoms with E-state index < -0.39 is 0 Å². The second kappa shape index (κ2) is 4.64. The Labute approximate surface area is 90.3 Å². The molecule has 1 heterocycles. The van der Waals surface area contributed by atoms with Crippen LogP contribution in [0.3, 0.4) is 0 Å². The highest BCUT2D eigenvalue weighted by Gasteiger charge is 2.09. The van der Waals surface area contributed by atoms with Gasteiger partial charge in [-0.3, -0.25) is 4.98 Å². The molecule has 0 aliphatic rings. The van der Waals surface area contributed by atoms with Crippen LogP contribution in [0.5, 0.6) is 0 Å². The van der Waals surface area contributed by atoms with E-state index >= 15 is 0 Å². The van der Waals surface area contributed by atoms with Crippen molar-refractivity contribution in [1.29, 1.82) is 0 Å². The van der Waals surface area contributed by atoms with E-state index in [2.05, 4.69) is 18.1 Å². The second-order valence-corrected chi connectivity index (χ2v) is 3.26. The number of rotatable bonds is 4. The van der Waals surface area contributed by atoms with Crippen LogP contribution in [-0.2, 0) is 4.74 Å². The Hall–Kier alpha value is -1.77. The quantitative estimate of drug-likeness (QED) is 0.767. The summed E-state index contributed by atoms with van der Waals surface area (Å²) in [6.45, 7) is 12.0. The fourth-order valence-electron chi connectivity index (χ4n) is 1.31. The Morgan fingerprint density at radius 3 is 2.73 bits per heavy atom. The number of aromatic nitrogens is 1. The largest absolute Gasteiger partial charge is 0.494 e. The molecular weight excluding hydrogens is 188 g/mol. The normalized spacial score (nSPS) is 9.73. The molecule has 0 aliphatic heterocycles. The summed E-state index contributed by atoms with van der Waals surface area (Å²) in [5, 5.41) is 0. The van der Waals surface area contributed by atoms with Crippen LogP contribution in [-0.4, -0.2) is 11.6 Å². The van der Waals surface area contributed by atoms with Crippen LogP contribution in [0.1, 0.15) is 25.1 Å². The molecule has 15 heavy (non-hydrogen) atoms. The number of pyridine rings is 1. The van der Waals surface area contributed by atoms with E-state index in [9.17, 15) is 0 Å². The average molecular weight is 204 g/mol. The Morgan fingerprint density at radius 1 is 1.53 bits per heavy atom. The first-order valence-corrected chi connectivity index (χ1v) is 4.80. The Balaban J connectivity index is 3.15. The highest BCUT2D eigenvalue weighted by Crippen LogP contribution is 2.26. The number of nitrogen functional groups attached to an aromatic ring is 1. The number of hydrogen-bond donors (Lipinski definition) is 1. The molecule has 1 aromatic heterocycles. The van der Waals surface area contributed by atoms with Crippen LogP contribution in [0.15, 0.2) is 25.4 Å². The molecule has 0 spiro atoms. The first kappa shape index (κ1) is 11.3. The fourth-order valence-corrected chi connectivity index (χ4v) is 1.31. The van der Waals surface area contributed by atoms with E-state index in [4.69, 9.17) is 10.5 Å². The van der Waals surface area contributed by atoms with E-state index in [1.165, 1.54) is 0 Å². The van der Waals surface area contributed by atoms with E-state index in [0.29, 0.717) is 23.7 Å². The highest BCUT2D eigenvalue weighted by atomic mass is 16.5. The van der Waals surface area contributed by atoms with Crippen molar-refractivity contribution in [3.8, 4) is 0 Å². The van der Waals surface area contributed by atoms with Crippen molar-refractivity contribution in [2.45, 2.75) is 13.8 Å². The highest BCUT2D eigenvalue weighted by molar-refractivity contribution is 5.79. The molecule has 80 valence electrons. The number of anilines is 1. The van der Waals surface area contributed by atoms with Crippen LogP contribution in [0.4, 0.5) is 5.69 Å². The van der Waals surface area contributed by atoms with Crippen molar-refractivity contribution in [1.82, 2.24) is 4.98 Å². The standard InChI is InChI=1S/C12H16N2O/c1-5-15-9(4)10-6-7-14-12(8(2)3)11(10)13/h6-7H,2,4-5,13H2,1,3H3. The maximum absolute atomic E-state index is 5.95. The SMILES string of the molecule is C=C(OCC)c1ccnc(C(=C)C)c1N. The van der Waals surface area contributed by atoms with Crippen molar-refractivity contribution < 1.29 is 4.74 Å². The zero-order valence-electron chi connectivity index (χ0n) is 9.21. The van der Waals surface area contributed by atoms with Crippen molar-refractivity contribution in [2.75, 3.05) is 12.3 Å². The lowest BCUT2D eigenvalue weighted by molar-refractivity contribution is 0.299. The average Bonchev–Trinajstić information content (AvgIpc) is 2.17. The zero-order chi connectivity index (χ0) is 11.4. The van der Waals surface area contributed by atoms with Gasteiger partial charge in [0.1, 0.15) is 5.76 Å². The molecule has 0 saturated carbocycles. The van der Waals surface area contributed by atoms with Gasteiger partial charge in [0.15, 0.2) is 0 Å². The van der Waals surface area contributed by atoms with E-state index in [-0.39, 0.29) is 0 Å². The van der Waals surface area contributed by atoms with E-state index in [1.807, 2.05) is 13.8 Å². The molecule has 1 rings (SSSR count). The molecule has 3 nitrogen and oxygen atoms in total. The molecule has 0 amide bonds. The molecule has 0 radical (unpaired) electrons. The maximum atomic E-state index is 5.95. The lowest BCUT2D eigenvalue weighted by atomic mass is 10.1. The van der Waals surface area contributed by atoms with Gasteiger partial charge in [0, 0.05) is 11.8 Å². The van der Waals surface area contributed by atoms with Gasteiger partial charge in [-0.15, -0.1) is 0 Å². The van der Waals surface area contributed by atoms with Gasteiger partial charge in [0.05, 0.1) is 18.0 Å². The van der Waals surface area contributed by atoms with Crippen molar-refractivity contribution in [3.05, 3.63) is 36.7 Å². The number of hydrogen-bond acceptors (Lipinski definition) is 3. The molecule has 0 saturated heterocycles. The topological polar surface area (TPSA) is 48.1 Å².